The molecule has 0 aliphatic rings. The fourth-order valence-corrected chi connectivity index (χ4v) is 3.83. The normalized spacial score (nSPS) is 14.0. The maximum Gasteiger partial charge on any atom is 0.337 e. The molecule has 0 spiro atoms. The fraction of sp³-hybridized carbons (Fsp3) is 0.533. The first kappa shape index (κ1) is 21.9. The van der Waals surface area contributed by atoms with E-state index < -0.39 is 21.5 Å². The van der Waals surface area contributed by atoms with Gasteiger partial charge in [0.15, 0.2) is 0 Å². The molecule has 0 saturated heterocycles. The van der Waals surface area contributed by atoms with Gasteiger partial charge in [0, 0.05) is 12.1 Å². The number of esters is 1. The summed E-state index contributed by atoms with van der Waals surface area (Å²) < 4.78 is 32.3. The Morgan fingerprint density at radius 1 is 1.39 bits per heavy atom. The molecule has 0 bridgehead atoms. The molecule has 0 fully saturated rings. The smallest absolute Gasteiger partial charge is 0.337 e. The number of hydrogen-bond acceptors (Lipinski definition) is 5. The maximum atomic E-state index is 12.5. The van der Waals surface area contributed by atoms with Crippen LogP contribution in [0.5, 0.6) is 0 Å². The molecule has 0 heterocycles. The van der Waals surface area contributed by atoms with Crippen LogP contribution < -0.4 is 10.5 Å². The Morgan fingerprint density at radius 3 is 2.48 bits per heavy atom. The average molecular weight is 365 g/mol. The molecule has 0 radical (unpaired) electrons. The first-order valence-corrected chi connectivity index (χ1v) is 8.54. The highest BCUT2D eigenvalue weighted by molar-refractivity contribution is 7.89. The van der Waals surface area contributed by atoms with Crippen LogP contribution in [-0.2, 0) is 14.8 Å². The van der Waals surface area contributed by atoms with Crippen molar-refractivity contribution in [2.75, 3.05) is 13.7 Å². The molecule has 1 aromatic carbocycles. The van der Waals surface area contributed by atoms with Crippen LogP contribution in [0, 0.1) is 5.92 Å². The summed E-state index contributed by atoms with van der Waals surface area (Å²) in [6, 6.07) is 5.73. The van der Waals surface area contributed by atoms with Gasteiger partial charge in [0.2, 0.25) is 10.0 Å². The highest BCUT2D eigenvalue weighted by Crippen LogP contribution is 2.20. The van der Waals surface area contributed by atoms with Crippen molar-refractivity contribution in [3.8, 4) is 0 Å². The van der Waals surface area contributed by atoms with Gasteiger partial charge in [0.05, 0.1) is 17.6 Å². The van der Waals surface area contributed by atoms with Crippen molar-refractivity contribution in [1.29, 1.82) is 0 Å². The predicted molar refractivity (Wildman–Crippen MR) is 92.3 cm³/mol. The number of ether oxygens (including phenoxy) is 1. The molecule has 3 N–H and O–H groups in total. The number of carbonyl (C=O) groups is 1. The molecule has 1 rings (SSSR count). The highest BCUT2D eigenvalue weighted by atomic mass is 35.5. The van der Waals surface area contributed by atoms with Crippen molar-refractivity contribution >= 4 is 28.4 Å². The maximum absolute atomic E-state index is 12.5. The summed E-state index contributed by atoms with van der Waals surface area (Å²) in [5.41, 5.74) is 5.18. The Balaban J connectivity index is 0.00000484. The van der Waals surface area contributed by atoms with Crippen LogP contribution in [0.1, 0.15) is 37.6 Å². The van der Waals surface area contributed by atoms with Crippen LogP contribution in [0.25, 0.3) is 0 Å². The zero-order valence-electron chi connectivity index (χ0n) is 13.8. The number of hydrogen-bond donors (Lipinski definition) is 2. The van der Waals surface area contributed by atoms with Crippen LogP contribution in [0.2, 0.25) is 0 Å². The summed E-state index contributed by atoms with van der Waals surface area (Å²) in [5.74, 6) is -0.293. The lowest BCUT2D eigenvalue weighted by Gasteiger charge is -2.30. The molecule has 0 aromatic heterocycles. The molecule has 1 unspecified atom stereocenters. The minimum Gasteiger partial charge on any atom is -0.465 e. The van der Waals surface area contributed by atoms with Crippen LogP contribution in [0.3, 0.4) is 0 Å². The number of nitrogens with one attached hydrogen (secondary N) is 1. The minimum absolute atomic E-state index is 0. The van der Waals surface area contributed by atoms with E-state index in [4.69, 9.17) is 5.73 Å². The minimum atomic E-state index is -3.78. The number of methoxy groups -OCH3 is 1. The third-order valence-electron chi connectivity index (χ3n) is 3.26. The van der Waals surface area contributed by atoms with Crippen LogP contribution in [0.15, 0.2) is 29.2 Å². The topological polar surface area (TPSA) is 98.5 Å². The van der Waals surface area contributed by atoms with Gasteiger partial charge in [-0.2, -0.15) is 0 Å². The lowest BCUT2D eigenvalue weighted by Crippen LogP contribution is -2.52. The van der Waals surface area contributed by atoms with Crippen molar-refractivity contribution in [1.82, 2.24) is 4.72 Å². The molecule has 0 amide bonds. The van der Waals surface area contributed by atoms with Gasteiger partial charge >= 0.3 is 5.97 Å². The van der Waals surface area contributed by atoms with Gasteiger partial charge in [0.25, 0.3) is 0 Å². The van der Waals surface area contributed by atoms with E-state index in [0.29, 0.717) is 6.42 Å². The molecular formula is C15H25ClN2O4S. The van der Waals surface area contributed by atoms with E-state index in [2.05, 4.69) is 9.46 Å². The van der Waals surface area contributed by atoms with Gasteiger partial charge in [-0.3, -0.25) is 0 Å². The lowest BCUT2D eigenvalue weighted by atomic mass is 9.92. The number of carbonyl (C=O) groups excluding carboxylic acids is 1. The quantitative estimate of drug-likeness (QED) is 0.720. The number of benzene rings is 1. The van der Waals surface area contributed by atoms with Gasteiger partial charge in [-0.1, -0.05) is 19.9 Å². The third-order valence-corrected chi connectivity index (χ3v) is 4.89. The molecule has 23 heavy (non-hydrogen) atoms. The second-order valence-electron chi connectivity index (χ2n) is 5.99. The molecule has 1 atom stereocenters. The second kappa shape index (κ2) is 8.63. The molecule has 0 aliphatic heterocycles. The second-order valence-corrected chi connectivity index (χ2v) is 7.67. The van der Waals surface area contributed by atoms with Crippen molar-refractivity contribution in [2.45, 2.75) is 37.6 Å². The van der Waals surface area contributed by atoms with Gasteiger partial charge < -0.3 is 10.5 Å². The van der Waals surface area contributed by atoms with E-state index in [1.165, 1.54) is 31.4 Å². The third kappa shape index (κ3) is 6.10. The molecule has 6 nitrogen and oxygen atoms in total. The van der Waals surface area contributed by atoms with Crippen molar-refractivity contribution in [2.24, 2.45) is 11.7 Å². The lowest BCUT2D eigenvalue weighted by molar-refractivity contribution is 0.0600. The van der Waals surface area contributed by atoms with E-state index in [0.717, 1.165) is 0 Å². The zero-order chi connectivity index (χ0) is 17.0. The average Bonchev–Trinajstić information content (AvgIpc) is 2.45. The molecule has 132 valence electrons. The summed E-state index contributed by atoms with van der Waals surface area (Å²) in [5, 5.41) is 0. The number of rotatable bonds is 7. The molecular weight excluding hydrogens is 340 g/mol. The number of halogens is 1. The van der Waals surface area contributed by atoms with E-state index in [9.17, 15) is 13.2 Å². The van der Waals surface area contributed by atoms with E-state index in [-0.39, 0.29) is 35.3 Å². The fourth-order valence-electron chi connectivity index (χ4n) is 2.36. The Hall–Kier alpha value is -1.15. The van der Waals surface area contributed by atoms with Gasteiger partial charge in [-0.15, -0.1) is 12.4 Å². The van der Waals surface area contributed by atoms with E-state index in [1.54, 1.807) is 6.92 Å². The largest absolute Gasteiger partial charge is 0.465 e. The first-order chi connectivity index (χ1) is 10.1. The molecule has 0 saturated carbocycles. The van der Waals surface area contributed by atoms with E-state index >= 15 is 0 Å². The molecule has 0 aliphatic carbocycles. The molecule has 1 aromatic rings. The summed E-state index contributed by atoms with van der Waals surface area (Å²) >= 11 is 0. The predicted octanol–water partition coefficient (Wildman–Crippen LogP) is 1.94. The van der Waals surface area contributed by atoms with Gasteiger partial charge in [-0.25, -0.2) is 17.9 Å². The molecule has 8 heteroatoms. The van der Waals surface area contributed by atoms with Crippen molar-refractivity contribution in [3.63, 3.8) is 0 Å². The standard InChI is InChI=1S/C15H24N2O4S.ClH/c1-11(2)9-15(3,10-16)17-22(19,20)13-7-5-6-12(8-13)14(18)21-4;/h5-8,11,17H,9-10,16H2,1-4H3;1H. The summed E-state index contributed by atoms with van der Waals surface area (Å²) in [6.45, 7) is 5.95. The van der Waals surface area contributed by atoms with Crippen molar-refractivity contribution in [3.05, 3.63) is 29.8 Å². The number of sulfonamides is 1. The SMILES string of the molecule is COC(=O)c1cccc(S(=O)(=O)NC(C)(CN)CC(C)C)c1.Cl. The number of nitrogens with two attached hydrogens (primary N) is 1. The van der Waals surface area contributed by atoms with Gasteiger partial charge in [-0.05, 0) is 37.5 Å². The summed E-state index contributed by atoms with van der Waals surface area (Å²) in [7, 11) is -2.53. The van der Waals surface area contributed by atoms with Crippen LogP contribution >= 0.6 is 12.4 Å². The van der Waals surface area contributed by atoms with Gasteiger partial charge in [0.1, 0.15) is 0 Å². The Morgan fingerprint density at radius 2 is 2.00 bits per heavy atom. The first-order valence-electron chi connectivity index (χ1n) is 7.06. The Labute approximate surface area is 144 Å². The van der Waals surface area contributed by atoms with Crippen molar-refractivity contribution < 1.29 is 17.9 Å². The zero-order valence-corrected chi connectivity index (χ0v) is 15.5. The summed E-state index contributed by atoms with van der Waals surface area (Å²) in [6.07, 6.45) is 0.611. The van der Waals surface area contributed by atoms with E-state index in [1.807, 2.05) is 13.8 Å². The van der Waals surface area contributed by atoms with Crippen LogP contribution in [-0.4, -0.2) is 33.6 Å². The van der Waals surface area contributed by atoms with Crippen LogP contribution in [0.4, 0.5) is 0 Å². The Kier molecular flexibility index (Phi) is 8.20. The Bertz CT molecular complexity index is 634. The monoisotopic (exact) mass is 364 g/mol. The summed E-state index contributed by atoms with van der Waals surface area (Å²) in [4.78, 5) is 11.5. The highest BCUT2D eigenvalue weighted by Gasteiger charge is 2.30.